The number of amides is 3. The van der Waals surface area contributed by atoms with Gasteiger partial charge in [0, 0.05) is 17.6 Å². The lowest BCUT2D eigenvalue weighted by molar-refractivity contribution is -0.130. The van der Waals surface area contributed by atoms with E-state index < -0.39 is 23.8 Å². The lowest BCUT2D eigenvalue weighted by Gasteiger charge is -2.24. The summed E-state index contributed by atoms with van der Waals surface area (Å²) in [5, 5.41) is 4.84. The Bertz CT molecular complexity index is 984. The molecule has 2 aromatic rings. The second kappa shape index (κ2) is 8.77. The lowest BCUT2D eigenvalue weighted by atomic mass is 10.2. The number of anilines is 1. The number of hydrogen-bond donors (Lipinski definition) is 2. The maximum absolute atomic E-state index is 12.6. The zero-order valence-corrected chi connectivity index (χ0v) is 17.5. The monoisotopic (exact) mass is 450 g/mol. The quantitative estimate of drug-likeness (QED) is 0.683. The van der Waals surface area contributed by atoms with Crippen LogP contribution in [0.25, 0.3) is 0 Å². The van der Waals surface area contributed by atoms with Gasteiger partial charge in [0.2, 0.25) is 5.91 Å². The van der Waals surface area contributed by atoms with Gasteiger partial charge in [-0.2, -0.15) is 0 Å². The standard InChI is InChI=1S/C19H16Cl2N4O3S/c1-24-18(28)15(10-16(26)22-14-5-3-2-4-13(14)21)25(19(24)29)23-17(27)11-6-8-12(20)9-7-11/h2-9,15H,10H2,1H3,(H,22,26)(H,23,27). The number of thiocarbonyl (C=S) groups is 1. The Labute approximate surface area is 182 Å². The first kappa shape index (κ1) is 21.0. The van der Waals surface area contributed by atoms with Gasteiger partial charge in [-0.3, -0.25) is 24.7 Å². The first-order valence-electron chi connectivity index (χ1n) is 8.49. The molecule has 1 atom stereocenters. The van der Waals surface area contributed by atoms with Gasteiger partial charge in [0.25, 0.3) is 11.8 Å². The molecule has 1 aliphatic rings. The van der Waals surface area contributed by atoms with E-state index in [9.17, 15) is 14.4 Å². The van der Waals surface area contributed by atoms with Crippen molar-refractivity contribution in [1.29, 1.82) is 0 Å². The fraction of sp³-hybridized carbons (Fsp3) is 0.158. The SMILES string of the molecule is CN1C(=O)C(CC(=O)Nc2ccccc2Cl)N(NC(=O)c2ccc(Cl)cc2)C1=S. The summed E-state index contributed by atoms with van der Waals surface area (Å²) in [6.45, 7) is 0. The minimum atomic E-state index is -0.980. The number of nitrogens with one attached hydrogen (secondary N) is 2. The van der Waals surface area contributed by atoms with Crippen molar-refractivity contribution < 1.29 is 14.4 Å². The minimum Gasteiger partial charge on any atom is -0.325 e. The summed E-state index contributed by atoms with van der Waals surface area (Å²) in [4.78, 5) is 38.8. The van der Waals surface area contributed by atoms with Crippen molar-refractivity contribution in [2.75, 3.05) is 12.4 Å². The lowest BCUT2D eigenvalue weighted by Crippen LogP contribution is -2.49. The van der Waals surface area contributed by atoms with E-state index in [4.69, 9.17) is 35.4 Å². The molecule has 2 N–H and O–H groups in total. The van der Waals surface area contributed by atoms with Crippen molar-refractivity contribution in [3.63, 3.8) is 0 Å². The number of rotatable bonds is 5. The summed E-state index contributed by atoms with van der Waals surface area (Å²) in [6.07, 6.45) is -0.227. The molecular formula is C19H16Cl2N4O3S. The molecule has 0 radical (unpaired) electrons. The van der Waals surface area contributed by atoms with Crippen molar-refractivity contribution >= 4 is 63.9 Å². The summed E-state index contributed by atoms with van der Waals surface area (Å²) in [6, 6.07) is 12.0. The molecule has 0 saturated carbocycles. The van der Waals surface area contributed by atoms with Crippen LogP contribution in [0.5, 0.6) is 0 Å². The van der Waals surface area contributed by atoms with E-state index in [1.165, 1.54) is 17.0 Å². The molecule has 1 unspecified atom stereocenters. The van der Waals surface area contributed by atoms with E-state index >= 15 is 0 Å². The van der Waals surface area contributed by atoms with Crippen LogP contribution in [0, 0.1) is 0 Å². The first-order chi connectivity index (χ1) is 13.8. The van der Waals surface area contributed by atoms with E-state index in [1.54, 1.807) is 48.5 Å². The van der Waals surface area contributed by atoms with Crippen LogP contribution in [0.1, 0.15) is 16.8 Å². The van der Waals surface area contributed by atoms with Gasteiger partial charge in [-0.15, -0.1) is 0 Å². The van der Waals surface area contributed by atoms with Crippen LogP contribution in [0.4, 0.5) is 5.69 Å². The Morgan fingerprint density at radius 3 is 2.41 bits per heavy atom. The Morgan fingerprint density at radius 1 is 1.10 bits per heavy atom. The zero-order chi connectivity index (χ0) is 21.1. The molecule has 3 amide bonds. The Hall–Kier alpha value is -2.68. The summed E-state index contributed by atoms with van der Waals surface area (Å²) in [7, 11) is 1.48. The van der Waals surface area contributed by atoms with Gasteiger partial charge in [-0.25, -0.2) is 5.01 Å². The van der Waals surface area contributed by atoms with Crippen LogP contribution in [0.15, 0.2) is 48.5 Å². The minimum absolute atomic E-state index is 0.0906. The molecule has 0 bridgehead atoms. The van der Waals surface area contributed by atoms with Crippen molar-refractivity contribution in [3.05, 3.63) is 64.1 Å². The third-order valence-electron chi connectivity index (χ3n) is 4.28. The van der Waals surface area contributed by atoms with Gasteiger partial charge < -0.3 is 5.32 Å². The summed E-state index contributed by atoms with van der Waals surface area (Å²) in [5.74, 6) is -1.33. The number of hydrazine groups is 1. The molecule has 3 rings (SSSR count). The zero-order valence-electron chi connectivity index (χ0n) is 15.2. The van der Waals surface area contributed by atoms with Crippen LogP contribution in [-0.4, -0.2) is 45.8 Å². The van der Waals surface area contributed by atoms with Gasteiger partial charge in [-0.1, -0.05) is 35.3 Å². The van der Waals surface area contributed by atoms with Crippen LogP contribution in [-0.2, 0) is 9.59 Å². The van der Waals surface area contributed by atoms with Crippen molar-refractivity contribution in [2.45, 2.75) is 12.5 Å². The van der Waals surface area contributed by atoms with E-state index in [2.05, 4.69) is 10.7 Å². The van der Waals surface area contributed by atoms with Gasteiger partial charge in [-0.05, 0) is 48.6 Å². The highest BCUT2D eigenvalue weighted by atomic mass is 35.5. The van der Waals surface area contributed by atoms with Crippen LogP contribution < -0.4 is 10.7 Å². The Balaban J connectivity index is 1.74. The molecule has 150 valence electrons. The van der Waals surface area contributed by atoms with Crippen LogP contribution in [0.3, 0.4) is 0 Å². The third-order valence-corrected chi connectivity index (χ3v) is 5.33. The van der Waals surface area contributed by atoms with Crippen LogP contribution in [0.2, 0.25) is 10.0 Å². The van der Waals surface area contributed by atoms with E-state index in [1.807, 2.05) is 0 Å². The molecule has 7 nitrogen and oxygen atoms in total. The summed E-state index contributed by atoms with van der Waals surface area (Å²) >= 11 is 17.1. The van der Waals surface area contributed by atoms with Gasteiger partial charge in [0.1, 0.15) is 6.04 Å². The second-order valence-electron chi connectivity index (χ2n) is 6.25. The van der Waals surface area contributed by atoms with E-state index in [0.717, 1.165) is 0 Å². The molecule has 0 spiro atoms. The van der Waals surface area contributed by atoms with Crippen LogP contribution >= 0.6 is 35.4 Å². The molecule has 10 heteroatoms. The highest BCUT2D eigenvalue weighted by molar-refractivity contribution is 7.80. The second-order valence-corrected chi connectivity index (χ2v) is 7.45. The molecule has 1 aliphatic heterocycles. The first-order valence-corrected chi connectivity index (χ1v) is 9.66. The number of carbonyl (C=O) groups excluding carboxylic acids is 3. The molecule has 2 aromatic carbocycles. The van der Waals surface area contributed by atoms with Crippen molar-refractivity contribution in [2.24, 2.45) is 0 Å². The van der Waals surface area contributed by atoms with Gasteiger partial charge in [0.05, 0.1) is 17.1 Å². The highest BCUT2D eigenvalue weighted by Gasteiger charge is 2.42. The molecule has 1 fully saturated rings. The number of hydrogen-bond acceptors (Lipinski definition) is 4. The fourth-order valence-electron chi connectivity index (χ4n) is 2.74. The largest absolute Gasteiger partial charge is 0.325 e. The average Bonchev–Trinajstić information content (AvgIpc) is 2.88. The van der Waals surface area contributed by atoms with Gasteiger partial charge in [0.15, 0.2) is 5.11 Å². The molecular weight excluding hydrogens is 435 g/mol. The van der Waals surface area contributed by atoms with E-state index in [0.29, 0.717) is 21.3 Å². The predicted octanol–water partition coefficient (Wildman–Crippen LogP) is 3.09. The fourth-order valence-corrected chi connectivity index (χ4v) is 3.31. The third kappa shape index (κ3) is 4.67. The highest BCUT2D eigenvalue weighted by Crippen LogP contribution is 2.23. The molecule has 0 aliphatic carbocycles. The predicted molar refractivity (Wildman–Crippen MR) is 115 cm³/mol. The molecule has 1 heterocycles. The maximum atomic E-state index is 12.6. The number of halogens is 2. The number of nitrogens with zero attached hydrogens (tertiary/aromatic N) is 2. The van der Waals surface area contributed by atoms with Crippen molar-refractivity contribution in [3.8, 4) is 0 Å². The summed E-state index contributed by atoms with van der Waals surface area (Å²) in [5.41, 5.74) is 3.36. The number of para-hydroxylation sites is 1. The number of benzene rings is 2. The Morgan fingerprint density at radius 2 is 1.76 bits per heavy atom. The molecule has 1 saturated heterocycles. The normalized spacial score (nSPS) is 16.2. The van der Waals surface area contributed by atoms with E-state index in [-0.39, 0.29) is 11.5 Å². The topological polar surface area (TPSA) is 81.8 Å². The number of likely N-dealkylation sites (N-methyl/N-ethyl adjacent to an activating group) is 1. The Kier molecular flexibility index (Phi) is 6.36. The van der Waals surface area contributed by atoms with Crippen molar-refractivity contribution in [1.82, 2.24) is 15.3 Å². The van der Waals surface area contributed by atoms with Gasteiger partial charge >= 0.3 is 0 Å². The number of carbonyl (C=O) groups is 3. The molecule has 29 heavy (non-hydrogen) atoms. The smallest absolute Gasteiger partial charge is 0.269 e. The maximum Gasteiger partial charge on any atom is 0.269 e. The average molecular weight is 451 g/mol. The molecule has 0 aromatic heterocycles. The summed E-state index contributed by atoms with van der Waals surface area (Å²) < 4.78 is 0.